The summed E-state index contributed by atoms with van der Waals surface area (Å²) in [6.45, 7) is 5.90. The Balaban J connectivity index is 1.80. The SMILES string of the molecule is CCCCCCCCOC(CCCCC)CCOP(Oc1ccccc1)Oc1ccccc1. The minimum absolute atomic E-state index is 0.234. The first-order valence-corrected chi connectivity index (χ1v) is 13.9. The summed E-state index contributed by atoms with van der Waals surface area (Å²) >= 11 is 0. The Morgan fingerprint density at radius 2 is 1.15 bits per heavy atom. The second kappa shape index (κ2) is 18.8. The monoisotopic (exact) mass is 474 g/mol. The van der Waals surface area contributed by atoms with E-state index in [4.69, 9.17) is 18.3 Å². The highest BCUT2D eigenvalue weighted by Gasteiger charge is 2.19. The largest absolute Gasteiger partial charge is 0.463 e. The molecule has 0 aliphatic carbocycles. The van der Waals surface area contributed by atoms with E-state index in [1.165, 1.54) is 51.4 Å². The lowest BCUT2D eigenvalue weighted by atomic mass is 10.1. The predicted molar refractivity (Wildman–Crippen MR) is 139 cm³/mol. The maximum Gasteiger partial charge on any atom is 0.463 e. The molecule has 0 saturated carbocycles. The molecule has 33 heavy (non-hydrogen) atoms. The molecule has 0 fully saturated rings. The summed E-state index contributed by atoms with van der Waals surface area (Å²) in [6, 6.07) is 19.4. The smallest absolute Gasteiger partial charge is 0.418 e. The maximum atomic E-state index is 6.26. The number of para-hydroxylation sites is 2. The summed E-state index contributed by atoms with van der Waals surface area (Å²) in [5.41, 5.74) is 0. The molecule has 0 saturated heterocycles. The van der Waals surface area contributed by atoms with E-state index in [1.807, 2.05) is 60.7 Å². The van der Waals surface area contributed by atoms with Gasteiger partial charge in [-0.2, -0.15) is 0 Å². The van der Waals surface area contributed by atoms with Gasteiger partial charge in [0.2, 0.25) is 0 Å². The van der Waals surface area contributed by atoms with Crippen molar-refractivity contribution in [2.45, 2.75) is 90.6 Å². The zero-order chi connectivity index (χ0) is 23.4. The zero-order valence-corrected chi connectivity index (χ0v) is 21.5. The van der Waals surface area contributed by atoms with Crippen LogP contribution in [-0.4, -0.2) is 19.3 Å². The lowest BCUT2D eigenvalue weighted by Crippen LogP contribution is -2.17. The van der Waals surface area contributed by atoms with Crippen molar-refractivity contribution in [1.82, 2.24) is 0 Å². The van der Waals surface area contributed by atoms with Crippen molar-refractivity contribution in [2.75, 3.05) is 13.2 Å². The first kappa shape index (κ1) is 27.6. The van der Waals surface area contributed by atoms with Gasteiger partial charge in [0.05, 0.1) is 12.7 Å². The van der Waals surface area contributed by atoms with Crippen LogP contribution < -0.4 is 9.05 Å². The Hall–Kier alpha value is -1.61. The van der Waals surface area contributed by atoms with Gasteiger partial charge in [0.1, 0.15) is 11.5 Å². The highest BCUT2D eigenvalue weighted by molar-refractivity contribution is 7.42. The molecule has 2 aromatic carbocycles. The fourth-order valence-electron chi connectivity index (χ4n) is 3.53. The van der Waals surface area contributed by atoms with Crippen molar-refractivity contribution in [1.29, 1.82) is 0 Å². The summed E-state index contributed by atoms with van der Waals surface area (Å²) in [6.07, 6.45) is 13.6. The van der Waals surface area contributed by atoms with Crippen molar-refractivity contribution >= 4 is 8.60 Å². The second-order valence-corrected chi connectivity index (χ2v) is 9.48. The van der Waals surface area contributed by atoms with Crippen LogP contribution in [0.5, 0.6) is 11.5 Å². The average Bonchev–Trinajstić information content (AvgIpc) is 2.84. The number of unbranched alkanes of at least 4 members (excludes halogenated alkanes) is 7. The molecule has 0 N–H and O–H groups in total. The summed E-state index contributed by atoms with van der Waals surface area (Å²) in [5, 5.41) is 0. The average molecular weight is 475 g/mol. The topological polar surface area (TPSA) is 36.9 Å². The minimum Gasteiger partial charge on any atom is -0.418 e. The summed E-state index contributed by atoms with van der Waals surface area (Å²) in [4.78, 5) is 0. The third kappa shape index (κ3) is 13.6. The Labute approximate surface area is 203 Å². The van der Waals surface area contributed by atoms with Crippen LogP contribution in [0.1, 0.15) is 84.5 Å². The number of rotatable bonds is 20. The van der Waals surface area contributed by atoms with Crippen LogP contribution in [0.15, 0.2) is 60.7 Å². The molecular formula is C28H43O4P. The summed E-state index contributed by atoms with van der Waals surface area (Å²) in [7, 11) is -1.54. The molecule has 5 heteroatoms. The van der Waals surface area contributed by atoms with Crippen LogP contribution in [0.4, 0.5) is 0 Å². The molecule has 0 amide bonds. The lowest BCUT2D eigenvalue weighted by molar-refractivity contribution is 0.0282. The Morgan fingerprint density at radius 1 is 0.606 bits per heavy atom. The molecule has 0 radical (unpaired) electrons. The van der Waals surface area contributed by atoms with Crippen molar-refractivity contribution in [3.05, 3.63) is 60.7 Å². The van der Waals surface area contributed by atoms with Gasteiger partial charge in [-0.15, -0.1) is 0 Å². The van der Waals surface area contributed by atoms with Crippen molar-refractivity contribution in [2.24, 2.45) is 0 Å². The van der Waals surface area contributed by atoms with E-state index in [2.05, 4.69) is 13.8 Å². The van der Waals surface area contributed by atoms with E-state index in [-0.39, 0.29) is 6.10 Å². The third-order valence-electron chi connectivity index (χ3n) is 5.46. The van der Waals surface area contributed by atoms with Gasteiger partial charge in [0.25, 0.3) is 0 Å². The highest BCUT2D eigenvalue weighted by atomic mass is 31.2. The van der Waals surface area contributed by atoms with Gasteiger partial charge in [-0.1, -0.05) is 102 Å². The van der Waals surface area contributed by atoms with Crippen LogP contribution in [0.3, 0.4) is 0 Å². The molecule has 2 aromatic rings. The van der Waals surface area contributed by atoms with Crippen LogP contribution in [0.25, 0.3) is 0 Å². The summed E-state index contributed by atoms with van der Waals surface area (Å²) < 4.78 is 24.4. The Morgan fingerprint density at radius 3 is 1.76 bits per heavy atom. The second-order valence-electron chi connectivity index (χ2n) is 8.41. The maximum absolute atomic E-state index is 6.26. The first-order valence-electron chi connectivity index (χ1n) is 12.8. The van der Waals surface area contributed by atoms with Crippen molar-refractivity contribution < 1.29 is 18.3 Å². The molecule has 0 heterocycles. The molecule has 0 bridgehead atoms. The minimum atomic E-state index is -1.54. The van der Waals surface area contributed by atoms with Gasteiger partial charge in [0.15, 0.2) is 0 Å². The molecule has 184 valence electrons. The van der Waals surface area contributed by atoms with Crippen molar-refractivity contribution in [3.63, 3.8) is 0 Å². The number of ether oxygens (including phenoxy) is 1. The molecular weight excluding hydrogens is 431 g/mol. The van der Waals surface area contributed by atoms with Crippen LogP contribution in [0, 0.1) is 0 Å². The Kier molecular flexibility index (Phi) is 15.7. The van der Waals surface area contributed by atoms with Gasteiger partial charge in [-0.05, 0) is 43.5 Å². The van der Waals surface area contributed by atoms with E-state index in [9.17, 15) is 0 Å². The van der Waals surface area contributed by atoms with E-state index >= 15 is 0 Å². The van der Waals surface area contributed by atoms with Gasteiger partial charge >= 0.3 is 8.60 Å². The van der Waals surface area contributed by atoms with Gasteiger partial charge in [0, 0.05) is 6.61 Å². The van der Waals surface area contributed by atoms with Gasteiger partial charge in [-0.25, -0.2) is 0 Å². The molecule has 1 atom stereocenters. The van der Waals surface area contributed by atoms with E-state index in [1.54, 1.807) is 0 Å². The molecule has 0 spiro atoms. The quantitative estimate of drug-likeness (QED) is 0.142. The standard InChI is InChI=1S/C28H43O4P/c1-3-5-7-8-9-17-24-29-26(18-12-6-4-2)23-25-30-33(31-27-19-13-10-14-20-27)32-28-21-15-11-16-22-28/h10-11,13-16,19-22,26H,3-9,12,17-18,23-25H2,1-2H3. The highest BCUT2D eigenvalue weighted by Crippen LogP contribution is 2.41. The lowest BCUT2D eigenvalue weighted by Gasteiger charge is -2.21. The number of hydrogen-bond donors (Lipinski definition) is 0. The fourth-order valence-corrected chi connectivity index (χ4v) is 4.52. The van der Waals surface area contributed by atoms with Crippen molar-refractivity contribution in [3.8, 4) is 11.5 Å². The molecule has 1 unspecified atom stereocenters. The molecule has 4 nitrogen and oxygen atoms in total. The molecule has 0 aliphatic heterocycles. The number of benzene rings is 2. The van der Waals surface area contributed by atoms with Gasteiger partial charge in [-0.3, -0.25) is 4.52 Å². The van der Waals surface area contributed by atoms with E-state index in [0.29, 0.717) is 6.61 Å². The number of hydrogen-bond acceptors (Lipinski definition) is 4. The van der Waals surface area contributed by atoms with Crippen LogP contribution >= 0.6 is 8.60 Å². The third-order valence-corrected chi connectivity index (χ3v) is 6.58. The Bertz CT molecular complexity index is 641. The van der Waals surface area contributed by atoms with Gasteiger partial charge < -0.3 is 13.8 Å². The van der Waals surface area contributed by atoms with Crippen LogP contribution in [-0.2, 0) is 9.26 Å². The zero-order valence-electron chi connectivity index (χ0n) is 20.6. The molecule has 0 aliphatic rings. The normalized spacial score (nSPS) is 12.1. The molecule has 0 aromatic heterocycles. The molecule has 2 rings (SSSR count). The predicted octanol–water partition coefficient (Wildman–Crippen LogP) is 9.10. The van der Waals surface area contributed by atoms with Crippen LogP contribution in [0.2, 0.25) is 0 Å². The summed E-state index contributed by atoms with van der Waals surface area (Å²) in [5.74, 6) is 1.50. The van der Waals surface area contributed by atoms with E-state index < -0.39 is 8.60 Å². The first-order chi connectivity index (χ1) is 16.3. The van der Waals surface area contributed by atoms with E-state index in [0.717, 1.165) is 37.4 Å². The fraction of sp³-hybridized carbons (Fsp3) is 0.571.